The van der Waals surface area contributed by atoms with E-state index in [0.29, 0.717) is 0 Å². The molecule has 100 valence electrons. The Hall–Kier alpha value is 0.250. The van der Waals surface area contributed by atoms with Crippen LogP contribution in [0.2, 0.25) is 0 Å². The van der Waals surface area contributed by atoms with Crippen LogP contribution in [0.4, 0.5) is 0 Å². The maximum atomic E-state index is 5.38. The van der Waals surface area contributed by atoms with Crippen LogP contribution in [-0.2, 0) is 0 Å². The van der Waals surface area contributed by atoms with Crippen LogP contribution in [0.15, 0.2) is 0 Å². The Balaban J connectivity index is 0. The minimum Gasteiger partial charge on any atom is -0.320 e. The molecule has 0 aromatic rings. The molecule has 0 aliphatic rings. The van der Waals surface area contributed by atoms with E-state index in [0.717, 1.165) is 5.88 Å². The minimum atomic E-state index is 0.827. The average molecular weight is 250 g/mol. The highest BCUT2D eigenvalue weighted by Gasteiger charge is 1.87. The third-order valence-corrected chi connectivity index (χ3v) is 2.78. The van der Waals surface area contributed by atoms with Crippen molar-refractivity contribution in [2.75, 3.05) is 19.5 Å². The quantitative estimate of drug-likeness (QED) is 0.425. The van der Waals surface area contributed by atoms with Crippen molar-refractivity contribution >= 4 is 11.6 Å². The van der Waals surface area contributed by atoms with E-state index in [1.165, 1.54) is 64.3 Å². The molecule has 0 spiro atoms. The molecule has 2 heteroatoms. The largest absolute Gasteiger partial charge is 0.320 e. The van der Waals surface area contributed by atoms with Crippen LogP contribution in [0, 0.1) is 0 Å². The summed E-state index contributed by atoms with van der Waals surface area (Å²) >= 11 is 5.38. The first-order valence-corrected chi connectivity index (χ1v) is 7.57. The summed E-state index contributed by atoms with van der Waals surface area (Å²) in [5.41, 5.74) is 0. The fourth-order valence-corrected chi connectivity index (χ4v) is 1.62. The Kier molecular flexibility index (Phi) is 24.0. The highest BCUT2D eigenvalue weighted by molar-refractivity contribution is 6.17. The molecule has 0 radical (unpaired) electrons. The van der Waals surface area contributed by atoms with Gasteiger partial charge in [-0.15, -0.1) is 11.6 Å². The van der Waals surface area contributed by atoms with E-state index >= 15 is 0 Å². The van der Waals surface area contributed by atoms with Crippen molar-refractivity contribution < 1.29 is 0 Å². The Labute approximate surface area is 108 Å². The first kappa shape index (κ1) is 18.6. The van der Waals surface area contributed by atoms with Gasteiger partial charge in [-0.2, -0.15) is 0 Å². The SMILES string of the molecule is CCCCCCCCNC.CCCCCCl. The standard InChI is InChI=1S/C9H21N.C5H11Cl/c1-3-4-5-6-7-8-9-10-2;1-2-3-4-5-6/h10H,3-9H2,1-2H3;2-5H2,1H3. The third kappa shape index (κ3) is 23.8. The van der Waals surface area contributed by atoms with Crippen molar-refractivity contribution in [1.82, 2.24) is 5.32 Å². The summed E-state index contributed by atoms with van der Waals surface area (Å²) in [6.45, 7) is 5.62. The summed E-state index contributed by atoms with van der Waals surface area (Å²) in [6, 6.07) is 0. The molecule has 0 aromatic carbocycles. The van der Waals surface area contributed by atoms with Gasteiger partial charge >= 0.3 is 0 Å². The van der Waals surface area contributed by atoms with Gasteiger partial charge in [0.25, 0.3) is 0 Å². The summed E-state index contributed by atoms with van der Waals surface area (Å²) < 4.78 is 0. The predicted molar refractivity (Wildman–Crippen MR) is 77.5 cm³/mol. The summed E-state index contributed by atoms with van der Waals surface area (Å²) in [4.78, 5) is 0. The van der Waals surface area contributed by atoms with Crippen LogP contribution in [0.3, 0.4) is 0 Å². The van der Waals surface area contributed by atoms with Gasteiger partial charge in [0.1, 0.15) is 0 Å². The Morgan fingerprint density at radius 1 is 0.750 bits per heavy atom. The van der Waals surface area contributed by atoms with E-state index in [2.05, 4.69) is 19.2 Å². The smallest absolute Gasteiger partial charge is 0.0223 e. The maximum absolute atomic E-state index is 5.38. The topological polar surface area (TPSA) is 12.0 Å². The molecule has 0 amide bonds. The molecule has 0 aromatic heterocycles. The van der Waals surface area contributed by atoms with Gasteiger partial charge in [-0.05, 0) is 26.4 Å². The van der Waals surface area contributed by atoms with E-state index in [9.17, 15) is 0 Å². The van der Waals surface area contributed by atoms with Crippen LogP contribution in [0.5, 0.6) is 0 Å². The molecule has 0 atom stereocenters. The monoisotopic (exact) mass is 249 g/mol. The van der Waals surface area contributed by atoms with Gasteiger partial charge in [0.2, 0.25) is 0 Å². The van der Waals surface area contributed by atoms with Crippen molar-refractivity contribution in [2.24, 2.45) is 0 Å². The summed E-state index contributed by atoms with van der Waals surface area (Å²) in [7, 11) is 2.02. The van der Waals surface area contributed by atoms with E-state index in [1.807, 2.05) is 7.05 Å². The highest BCUT2D eigenvalue weighted by atomic mass is 35.5. The lowest BCUT2D eigenvalue weighted by Crippen LogP contribution is -2.06. The fraction of sp³-hybridized carbons (Fsp3) is 1.00. The fourth-order valence-electron chi connectivity index (χ4n) is 1.43. The summed E-state index contributed by atoms with van der Waals surface area (Å²) in [5.74, 6) is 0.827. The number of halogens is 1. The van der Waals surface area contributed by atoms with Gasteiger partial charge in [0, 0.05) is 5.88 Å². The van der Waals surface area contributed by atoms with Gasteiger partial charge in [0.15, 0.2) is 0 Å². The number of hydrogen-bond acceptors (Lipinski definition) is 1. The van der Waals surface area contributed by atoms with Crippen LogP contribution >= 0.6 is 11.6 Å². The first-order chi connectivity index (χ1) is 7.83. The summed E-state index contributed by atoms with van der Waals surface area (Å²) in [5, 5.41) is 3.16. The molecular weight excluding hydrogens is 218 g/mol. The van der Waals surface area contributed by atoms with Crippen LogP contribution in [-0.4, -0.2) is 19.5 Å². The average Bonchev–Trinajstić information content (AvgIpc) is 2.32. The van der Waals surface area contributed by atoms with Gasteiger partial charge in [-0.1, -0.05) is 58.8 Å². The number of unbranched alkanes of at least 4 members (excludes halogenated alkanes) is 7. The van der Waals surface area contributed by atoms with E-state index in [-0.39, 0.29) is 0 Å². The molecule has 1 nitrogen and oxygen atoms in total. The zero-order valence-electron chi connectivity index (χ0n) is 11.7. The molecule has 0 saturated heterocycles. The number of nitrogens with one attached hydrogen (secondary N) is 1. The zero-order valence-corrected chi connectivity index (χ0v) is 12.4. The molecule has 0 saturated carbocycles. The second kappa shape index (κ2) is 20.6. The normalized spacial score (nSPS) is 9.75. The van der Waals surface area contributed by atoms with Gasteiger partial charge in [-0.3, -0.25) is 0 Å². The van der Waals surface area contributed by atoms with Crippen LogP contribution < -0.4 is 5.32 Å². The molecular formula is C14H32ClN. The van der Waals surface area contributed by atoms with Crippen molar-refractivity contribution in [3.05, 3.63) is 0 Å². The van der Waals surface area contributed by atoms with Gasteiger partial charge < -0.3 is 5.32 Å². The molecule has 0 fully saturated rings. The lowest BCUT2D eigenvalue weighted by Gasteiger charge is -1.98. The second-order valence-corrected chi connectivity index (χ2v) is 4.65. The molecule has 16 heavy (non-hydrogen) atoms. The Bertz CT molecular complexity index is 84.7. The maximum Gasteiger partial charge on any atom is 0.0223 e. The molecule has 1 N–H and O–H groups in total. The van der Waals surface area contributed by atoms with Crippen molar-refractivity contribution in [3.8, 4) is 0 Å². The van der Waals surface area contributed by atoms with Crippen molar-refractivity contribution in [1.29, 1.82) is 0 Å². The van der Waals surface area contributed by atoms with Gasteiger partial charge in [0.05, 0.1) is 0 Å². The van der Waals surface area contributed by atoms with E-state index in [4.69, 9.17) is 11.6 Å². The molecule has 0 rings (SSSR count). The number of rotatable bonds is 10. The molecule has 0 unspecified atom stereocenters. The van der Waals surface area contributed by atoms with Crippen molar-refractivity contribution in [3.63, 3.8) is 0 Å². The Morgan fingerprint density at radius 3 is 1.69 bits per heavy atom. The van der Waals surface area contributed by atoms with Crippen LogP contribution in [0.25, 0.3) is 0 Å². The predicted octanol–water partition coefficient (Wildman–Crippen LogP) is 4.98. The second-order valence-electron chi connectivity index (χ2n) is 4.27. The van der Waals surface area contributed by atoms with Crippen LogP contribution in [0.1, 0.15) is 71.6 Å². The molecule has 0 heterocycles. The lowest BCUT2D eigenvalue weighted by molar-refractivity contribution is 0.592. The third-order valence-electron chi connectivity index (χ3n) is 2.52. The molecule has 0 bridgehead atoms. The minimum absolute atomic E-state index is 0.827. The first-order valence-electron chi connectivity index (χ1n) is 7.04. The van der Waals surface area contributed by atoms with E-state index in [1.54, 1.807) is 0 Å². The van der Waals surface area contributed by atoms with Crippen molar-refractivity contribution in [2.45, 2.75) is 71.6 Å². The number of hydrogen-bond donors (Lipinski definition) is 1. The summed E-state index contributed by atoms with van der Waals surface area (Å²) in [6.07, 6.45) is 12.1. The molecule has 0 aliphatic carbocycles. The van der Waals surface area contributed by atoms with Gasteiger partial charge in [-0.25, -0.2) is 0 Å². The number of alkyl halides is 1. The zero-order chi connectivity index (χ0) is 12.5. The lowest BCUT2D eigenvalue weighted by atomic mass is 10.1. The molecule has 0 aliphatic heterocycles. The Morgan fingerprint density at radius 2 is 1.25 bits per heavy atom. The highest BCUT2D eigenvalue weighted by Crippen LogP contribution is 2.03. The van der Waals surface area contributed by atoms with E-state index < -0.39 is 0 Å².